The Labute approximate surface area is 93.9 Å². The van der Waals surface area contributed by atoms with Gasteiger partial charge in [0.05, 0.1) is 12.5 Å². The summed E-state index contributed by atoms with van der Waals surface area (Å²) < 4.78 is 5.00. The molecule has 80 valence electrons. The van der Waals surface area contributed by atoms with Crippen LogP contribution in [0.4, 0.5) is 0 Å². The van der Waals surface area contributed by atoms with Crippen LogP contribution in [0.15, 0.2) is 29.1 Å². The van der Waals surface area contributed by atoms with Gasteiger partial charge in [-0.25, -0.2) is 0 Å². The Kier molecular flexibility index (Phi) is 3.23. The van der Waals surface area contributed by atoms with Crippen LogP contribution < -0.4 is 5.32 Å². The van der Waals surface area contributed by atoms with Gasteiger partial charge in [0.25, 0.3) is 0 Å². The predicted octanol–water partition coefficient (Wildman–Crippen LogP) is 3.25. The summed E-state index contributed by atoms with van der Waals surface area (Å²) in [6.45, 7) is 6.13. The topological polar surface area (TPSA) is 25.2 Å². The largest absolute Gasteiger partial charge is 0.472 e. The molecule has 0 aliphatic rings. The zero-order chi connectivity index (χ0) is 10.7. The van der Waals surface area contributed by atoms with Crippen LogP contribution in [0.3, 0.4) is 0 Å². The van der Waals surface area contributed by atoms with Crippen molar-refractivity contribution in [3.05, 3.63) is 45.5 Å². The summed E-state index contributed by atoms with van der Waals surface area (Å²) >= 11 is 1.87. The van der Waals surface area contributed by atoms with Crippen molar-refractivity contribution < 1.29 is 4.42 Å². The number of thiophene rings is 1. The van der Waals surface area contributed by atoms with Crippen LogP contribution in [0.2, 0.25) is 0 Å². The first-order valence-corrected chi connectivity index (χ1v) is 5.85. The van der Waals surface area contributed by atoms with Crippen molar-refractivity contribution in [1.29, 1.82) is 0 Å². The molecule has 2 heterocycles. The minimum atomic E-state index is 0.868. The van der Waals surface area contributed by atoms with Crippen LogP contribution in [0, 0.1) is 13.8 Å². The van der Waals surface area contributed by atoms with Crippen molar-refractivity contribution in [2.24, 2.45) is 0 Å². The molecule has 0 fully saturated rings. The number of aryl methyl sites for hydroxylation is 2. The van der Waals surface area contributed by atoms with E-state index in [4.69, 9.17) is 4.42 Å². The minimum absolute atomic E-state index is 0.868. The van der Waals surface area contributed by atoms with Crippen molar-refractivity contribution in [2.45, 2.75) is 26.9 Å². The quantitative estimate of drug-likeness (QED) is 0.857. The van der Waals surface area contributed by atoms with E-state index in [1.54, 1.807) is 12.5 Å². The molecule has 2 aromatic heterocycles. The Hall–Kier alpha value is -1.06. The van der Waals surface area contributed by atoms with Gasteiger partial charge in [0.1, 0.15) is 0 Å². The Morgan fingerprint density at radius 1 is 1.33 bits per heavy atom. The molecule has 0 amide bonds. The smallest absolute Gasteiger partial charge is 0.0947 e. The molecule has 0 aliphatic heterocycles. The third kappa shape index (κ3) is 2.70. The van der Waals surface area contributed by atoms with Gasteiger partial charge >= 0.3 is 0 Å². The molecule has 2 aromatic rings. The third-order valence-corrected chi connectivity index (χ3v) is 3.58. The molecule has 0 saturated carbocycles. The van der Waals surface area contributed by atoms with Gasteiger partial charge in [0.2, 0.25) is 0 Å². The highest BCUT2D eigenvalue weighted by molar-refractivity contribution is 7.12. The van der Waals surface area contributed by atoms with Crippen molar-refractivity contribution >= 4 is 11.3 Å². The third-order valence-electron chi connectivity index (χ3n) is 2.43. The second kappa shape index (κ2) is 4.64. The lowest BCUT2D eigenvalue weighted by Crippen LogP contribution is -2.10. The number of hydrogen-bond donors (Lipinski definition) is 1. The lowest BCUT2D eigenvalue weighted by molar-refractivity contribution is 0.560. The van der Waals surface area contributed by atoms with Gasteiger partial charge in [-0.15, -0.1) is 11.3 Å². The standard InChI is InChI=1S/C12H15NOS/c1-9-5-12(15-10(9)2)7-13-6-11-3-4-14-8-11/h3-5,8,13H,6-7H2,1-2H3. The summed E-state index contributed by atoms with van der Waals surface area (Å²) in [6.07, 6.45) is 3.48. The van der Waals surface area contributed by atoms with Crippen LogP contribution >= 0.6 is 11.3 Å². The van der Waals surface area contributed by atoms with Crippen LogP contribution in [-0.2, 0) is 13.1 Å². The molecular formula is C12H15NOS. The van der Waals surface area contributed by atoms with Crippen LogP contribution in [0.25, 0.3) is 0 Å². The number of furan rings is 1. The predicted molar refractivity (Wildman–Crippen MR) is 63.0 cm³/mol. The molecule has 0 radical (unpaired) electrons. The maximum atomic E-state index is 5.00. The minimum Gasteiger partial charge on any atom is -0.472 e. The maximum absolute atomic E-state index is 5.00. The van der Waals surface area contributed by atoms with E-state index in [1.165, 1.54) is 20.9 Å². The van der Waals surface area contributed by atoms with Gasteiger partial charge in [0.15, 0.2) is 0 Å². The molecule has 3 heteroatoms. The first-order chi connectivity index (χ1) is 7.25. The van der Waals surface area contributed by atoms with Crippen LogP contribution in [-0.4, -0.2) is 0 Å². The number of rotatable bonds is 4. The molecule has 0 atom stereocenters. The Bertz CT molecular complexity index is 397. The number of nitrogens with one attached hydrogen (secondary N) is 1. The molecule has 2 rings (SSSR count). The molecule has 0 saturated heterocycles. The second-order valence-electron chi connectivity index (χ2n) is 3.69. The van der Waals surface area contributed by atoms with E-state index in [-0.39, 0.29) is 0 Å². The number of hydrogen-bond acceptors (Lipinski definition) is 3. The Morgan fingerprint density at radius 3 is 2.80 bits per heavy atom. The lowest BCUT2D eigenvalue weighted by Gasteiger charge is -1.99. The fourth-order valence-electron chi connectivity index (χ4n) is 1.46. The van der Waals surface area contributed by atoms with Crippen molar-refractivity contribution in [3.63, 3.8) is 0 Å². The van der Waals surface area contributed by atoms with Crippen molar-refractivity contribution in [1.82, 2.24) is 5.32 Å². The van der Waals surface area contributed by atoms with Gasteiger partial charge in [-0.05, 0) is 31.5 Å². The van der Waals surface area contributed by atoms with E-state index in [2.05, 4.69) is 25.2 Å². The Balaban J connectivity index is 1.83. The van der Waals surface area contributed by atoms with E-state index in [0.29, 0.717) is 0 Å². The highest BCUT2D eigenvalue weighted by Gasteiger charge is 2.01. The van der Waals surface area contributed by atoms with Crippen molar-refractivity contribution in [2.75, 3.05) is 0 Å². The fourth-order valence-corrected chi connectivity index (χ4v) is 2.48. The highest BCUT2D eigenvalue weighted by atomic mass is 32.1. The van der Waals surface area contributed by atoms with Crippen LogP contribution in [0.5, 0.6) is 0 Å². The molecule has 2 nitrogen and oxygen atoms in total. The van der Waals surface area contributed by atoms with E-state index in [9.17, 15) is 0 Å². The fraction of sp³-hybridized carbons (Fsp3) is 0.333. The molecule has 0 aromatic carbocycles. The second-order valence-corrected chi connectivity index (χ2v) is 5.03. The molecule has 15 heavy (non-hydrogen) atoms. The van der Waals surface area contributed by atoms with Crippen LogP contribution in [0.1, 0.15) is 20.9 Å². The SMILES string of the molecule is Cc1cc(CNCc2ccoc2)sc1C. The van der Waals surface area contributed by atoms with Gasteiger partial charge < -0.3 is 9.73 Å². The summed E-state index contributed by atoms with van der Waals surface area (Å²) in [5.74, 6) is 0. The zero-order valence-corrected chi connectivity index (χ0v) is 9.86. The van der Waals surface area contributed by atoms with Gasteiger partial charge in [0, 0.05) is 28.4 Å². The van der Waals surface area contributed by atoms with Gasteiger partial charge in [-0.2, -0.15) is 0 Å². The summed E-state index contributed by atoms with van der Waals surface area (Å²) in [4.78, 5) is 2.81. The first kappa shape index (κ1) is 10.5. The van der Waals surface area contributed by atoms with E-state index in [1.807, 2.05) is 17.4 Å². The highest BCUT2D eigenvalue weighted by Crippen LogP contribution is 2.20. The molecule has 0 unspecified atom stereocenters. The molecule has 0 bridgehead atoms. The lowest BCUT2D eigenvalue weighted by atomic mass is 10.3. The average Bonchev–Trinajstić information content (AvgIpc) is 2.79. The summed E-state index contributed by atoms with van der Waals surface area (Å²) in [5.41, 5.74) is 2.58. The maximum Gasteiger partial charge on any atom is 0.0947 e. The monoisotopic (exact) mass is 221 g/mol. The van der Waals surface area contributed by atoms with Crippen molar-refractivity contribution in [3.8, 4) is 0 Å². The summed E-state index contributed by atoms with van der Waals surface area (Å²) in [5, 5.41) is 3.40. The summed E-state index contributed by atoms with van der Waals surface area (Å²) in [7, 11) is 0. The summed E-state index contributed by atoms with van der Waals surface area (Å²) in [6, 6.07) is 4.24. The Morgan fingerprint density at radius 2 is 2.20 bits per heavy atom. The molecule has 0 spiro atoms. The van der Waals surface area contributed by atoms with E-state index >= 15 is 0 Å². The molecule has 1 N–H and O–H groups in total. The molecular weight excluding hydrogens is 206 g/mol. The normalized spacial score (nSPS) is 10.8. The van der Waals surface area contributed by atoms with E-state index < -0.39 is 0 Å². The van der Waals surface area contributed by atoms with Gasteiger partial charge in [-0.3, -0.25) is 0 Å². The van der Waals surface area contributed by atoms with Gasteiger partial charge in [-0.1, -0.05) is 0 Å². The van der Waals surface area contributed by atoms with E-state index in [0.717, 1.165) is 13.1 Å². The molecule has 0 aliphatic carbocycles. The average molecular weight is 221 g/mol. The first-order valence-electron chi connectivity index (χ1n) is 5.03. The zero-order valence-electron chi connectivity index (χ0n) is 9.04.